The molecular formula is C25H30O11. The van der Waals surface area contributed by atoms with Crippen LogP contribution in [-0.4, -0.2) is 87.2 Å². The molecule has 11 nitrogen and oxygen atoms in total. The Hall–Kier alpha value is -2.80. The Bertz CT molecular complexity index is 991. The first kappa shape index (κ1) is 26.3. The van der Waals surface area contributed by atoms with Crippen molar-refractivity contribution in [3.8, 4) is 0 Å². The third-order valence-corrected chi connectivity index (χ3v) is 7.03. The van der Waals surface area contributed by atoms with Gasteiger partial charge in [-0.15, -0.1) is 0 Å². The predicted molar refractivity (Wildman–Crippen MR) is 122 cm³/mol. The largest absolute Gasteiger partial charge is 0.478 e. The molecule has 1 aromatic carbocycles. The van der Waals surface area contributed by atoms with E-state index in [0.29, 0.717) is 0 Å². The van der Waals surface area contributed by atoms with Gasteiger partial charge in [0.2, 0.25) is 6.29 Å². The summed E-state index contributed by atoms with van der Waals surface area (Å²) in [6, 6.07) is 9.20. The van der Waals surface area contributed by atoms with Gasteiger partial charge in [-0.1, -0.05) is 37.3 Å². The van der Waals surface area contributed by atoms with E-state index in [-0.39, 0.29) is 12.0 Å². The van der Waals surface area contributed by atoms with Crippen molar-refractivity contribution in [2.24, 2.45) is 17.8 Å². The summed E-state index contributed by atoms with van der Waals surface area (Å²) in [5.41, 5.74) is 0.818. The number of aliphatic hydroxyl groups excluding tert-OH is 4. The van der Waals surface area contributed by atoms with Crippen LogP contribution < -0.4 is 0 Å². The number of hydrogen-bond donors (Lipinski definition) is 5. The zero-order chi connectivity index (χ0) is 26.0. The molecule has 2 fully saturated rings. The van der Waals surface area contributed by atoms with Crippen LogP contribution in [0.3, 0.4) is 0 Å². The summed E-state index contributed by atoms with van der Waals surface area (Å²) < 4.78 is 22.4. The molecule has 0 amide bonds. The first-order valence-corrected chi connectivity index (χ1v) is 11.7. The Labute approximate surface area is 207 Å². The Balaban J connectivity index is 1.49. The van der Waals surface area contributed by atoms with Crippen LogP contribution in [0.15, 0.2) is 48.2 Å². The zero-order valence-electron chi connectivity index (χ0n) is 19.5. The van der Waals surface area contributed by atoms with Crippen molar-refractivity contribution in [2.45, 2.75) is 56.4 Å². The van der Waals surface area contributed by atoms with Gasteiger partial charge in [0.1, 0.15) is 30.5 Å². The minimum absolute atomic E-state index is 0.00104. The minimum Gasteiger partial charge on any atom is -0.478 e. The maximum atomic E-state index is 12.5. The van der Waals surface area contributed by atoms with Crippen molar-refractivity contribution in [3.63, 3.8) is 0 Å². The van der Waals surface area contributed by atoms with Crippen molar-refractivity contribution in [1.82, 2.24) is 0 Å². The summed E-state index contributed by atoms with van der Waals surface area (Å²) in [6.07, 6.45) is -5.05. The highest BCUT2D eigenvalue weighted by molar-refractivity contribution is 5.88. The number of carboxylic acid groups (broad SMARTS) is 1. The van der Waals surface area contributed by atoms with Crippen molar-refractivity contribution >= 4 is 18.0 Å². The third-order valence-electron chi connectivity index (χ3n) is 7.03. The van der Waals surface area contributed by atoms with Crippen LogP contribution in [0.1, 0.15) is 18.9 Å². The Kier molecular flexibility index (Phi) is 8.08. The molecule has 4 rings (SSSR count). The van der Waals surface area contributed by atoms with Crippen molar-refractivity contribution in [1.29, 1.82) is 0 Å². The number of hydrogen-bond acceptors (Lipinski definition) is 10. The van der Waals surface area contributed by atoms with Gasteiger partial charge < -0.3 is 44.5 Å². The van der Waals surface area contributed by atoms with Gasteiger partial charge in [-0.2, -0.15) is 0 Å². The molecule has 5 N–H and O–H groups in total. The first-order chi connectivity index (χ1) is 17.2. The summed E-state index contributed by atoms with van der Waals surface area (Å²) in [5.74, 6) is -3.34. The molecule has 36 heavy (non-hydrogen) atoms. The normalized spacial score (nSPS) is 38.2. The fourth-order valence-corrected chi connectivity index (χ4v) is 5.04. The lowest BCUT2D eigenvalue weighted by atomic mass is 9.83. The number of aliphatic carboxylic acids is 1. The van der Waals surface area contributed by atoms with Crippen molar-refractivity contribution in [3.05, 3.63) is 53.8 Å². The number of benzene rings is 1. The Morgan fingerprint density at radius 1 is 1.08 bits per heavy atom. The molecule has 2 aliphatic heterocycles. The van der Waals surface area contributed by atoms with Gasteiger partial charge in [0.05, 0.1) is 18.4 Å². The smallest absolute Gasteiger partial charge is 0.334 e. The van der Waals surface area contributed by atoms with Crippen LogP contribution in [-0.2, 0) is 28.5 Å². The third kappa shape index (κ3) is 5.31. The molecule has 1 aromatic rings. The van der Waals surface area contributed by atoms with Gasteiger partial charge in [0.15, 0.2) is 6.29 Å². The van der Waals surface area contributed by atoms with E-state index in [1.807, 2.05) is 30.3 Å². The summed E-state index contributed by atoms with van der Waals surface area (Å²) >= 11 is 0. The molecular weight excluding hydrogens is 476 g/mol. The van der Waals surface area contributed by atoms with Gasteiger partial charge in [0.25, 0.3) is 0 Å². The van der Waals surface area contributed by atoms with Crippen LogP contribution in [0.5, 0.6) is 0 Å². The molecule has 1 saturated carbocycles. The molecule has 0 unspecified atom stereocenters. The quantitative estimate of drug-likeness (QED) is 0.249. The number of aliphatic hydroxyl groups is 4. The standard InChI is InChI=1S/C25H30O11/c1-12-16(34-18(27)8-7-13-5-3-2-4-6-13)9-14-15(23(31)32)11-33-24(19(12)14)36-25-22(30)21(29)20(28)17(10-26)35-25/h2-8,11-12,14,16-17,19-22,24-26,28-30H,9-10H2,1H3,(H,31,32)/t12-,14-,16+,17-,19-,20-,21+,22-,24+,25+/m1/s1. The number of ether oxygens (including phenoxy) is 4. The lowest BCUT2D eigenvalue weighted by molar-refractivity contribution is -0.342. The van der Waals surface area contributed by atoms with E-state index in [0.717, 1.165) is 11.8 Å². The van der Waals surface area contributed by atoms with Gasteiger partial charge in [-0.3, -0.25) is 0 Å². The fourth-order valence-electron chi connectivity index (χ4n) is 5.04. The minimum atomic E-state index is -1.65. The SMILES string of the molecule is C[C@H]1[C@H]2[C@H](O[C@@H]3O[C@H](CO)[C@@H](O)[C@H](O)[C@H]3O)OC=C(C(=O)O)[C@H]2C[C@@H]1OC(=O)C=Cc1ccccc1. The number of rotatable bonds is 7. The van der Waals surface area contributed by atoms with Crippen LogP contribution in [0.4, 0.5) is 0 Å². The summed E-state index contributed by atoms with van der Waals surface area (Å²) in [6.45, 7) is 1.15. The molecule has 1 saturated heterocycles. The second kappa shape index (κ2) is 11.1. The second-order valence-corrected chi connectivity index (χ2v) is 9.21. The molecule has 0 bridgehead atoms. The zero-order valence-corrected chi connectivity index (χ0v) is 19.5. The Morgan fingerprint density at radius 3 is 2.47 bits per heavy atom. The highest BCUT2D eigenvalue weighted by Crippen LogP contribution is 2.48. The number of carboxylic acids is 1. The maximum Gasteiger partial charge on any atom is 0.334 e. The molecule has 196 valence electrons. The lowest BCUT2D eigenvalue weighted by Gasteiger charge is -2.43. The van der Waals surface area contributed by atoms with Gasteiger partial charge in [-0.05, 0) is 18.1 Å². The van der Waals surface area contributed by atoms with E-state index in [2.05, 4.69) is 0 Å². The maximum absolute atomic E-state index is 12.5. The number of esters is 1. The highest BCUT2D eigenvalue weighted by atomic mass is 16.8. The van der Waals surface area contributed by atoms with E-state index >= 15 is 0 Å². The van der Waals surface area contributed by atoms with E-state index in [9.17, 15) is 35.1 Å². The fraction of sp³-hybridized carbons (Fsp3) is 0.520. The van der Waals surface area contributed by atoms with E-state index in [4.69, 9.17) is 18.9 Å². The van der Waals surface area contributed by atoms with E-state index in [1.54, 1.807) is 13.0 Å². The topological polar surface area (TPSA) is 172 Å². The Morgan fingerprint density at radius 2 is 1.81 bits per heavy atom. The van der Waals surface area contributed by atoms with E-state index < -0.39 is 79.4 Å². The lowest BCUT2D eigenvalue weighted by Crippen LogP contribution is -2.60. The molecule has 0 aromatic heterocycles. The van der Waals surface area contributed by atoms with Crippen molar-refractivity contribution < 1.29 is 54.1 Å². The highest BCUT2D eigenvalue weighted by Gasteiger charge is 2.54. The van der Waals surface area contributed by atoms with Crippen LogP contribution >= 0.6 is 0 Å². The summed E-state index contributed by atoms with van der Waals surface area (Å²) in [4.78, 5) is 24.3. The molecule has 3 aliphatic rings. The molecule has 2 heterocycles. The summed E-state index contributed by atoms with van der Waals surface area (Å²) in [5, 5.41) is 49.5. The average Bonchev–Trinajstić information content (AvgIpc) is 3.19. The molecule has 11 heteroatoms. The number of fused-ring (bicyclic) bond motifs is 1. The molecule has 0 radical (unpaired) electrons. The van der Waals surface area contributed by atoms with Crippen LogP contribution in [0.2, 0.25) is 0 Å². The van der Waals surface area contributed by atoms with Gasteiger partial charge in [0, 0.05) is 23.8 Å². The average molecular weight is 507 g/mol. The van der Waals surface area contributed by atoms with E-state index in [1.165, 1.54) is 6.08 Å². The van der Waals surface area contributed by atoms with Crippen molar-refractivity contribution in [2.75, 3.05) is 6.61 Å². The van der Waals surface area contributed by atoms with Crippen LogP contribution in [0.25, 0.3) is 6.08 Å². The van der Waals surface area contributed by atoms with Crippen LogP contribution in [0, 0.1) is 17.8 Å². The number of carbonyl (C=O) groups excluding carboxylic acids is 1. The number of carbonyl (C=O) groups is 2. The molecule has 1 aliphatic carbocycles. The van der Waals surface area contributed by atoms with Gasteiger partial charge >= 0.3 is 11.9 Å². The first-order valence-electron chi connectivity index (χ1n) is 11.7. The monoisotopic (exact) mass is 506 g/mol. The molecule has 0 spiro atoms. The second-order valence-electron chi connectivity index (χ2n) is 9.21. The molecule has 10 atom stereocenters. The van der Waals surface area contributed by atoms with Gasteiger partial charge in [-0.25, -0.2) is 9.59 Å². The summed E-state index contributed by atoms with van der Waals surface area (Å²) in [7, 11) is 0. The predicted octanol–water partition coefficient (Wildman–Crippen LogP) is 0.0251.